The molecule has 0 radical (unpaired) electrons. The molecule has 4 rings (SSSR count). The molecule has 0 spiro atoms. The van der Waals surface area contributed by atoms with E-state index in [1.165, 1.54) is 30.3 Å². The monoisotopic (exact) mass is 442 g/mol. The van der Waals surface area contributed by atoms with Crippen LogP contribution in [-0.4, -0.2) is 13.0 Å². The summed E-state index contributed by atoms with van der Waals surface area (Å²) in [6, 6.07) is 27.7. The largest absolute Gasteiger partial charge is 0.276 e. The second-order valence-corrected chi connectivity index (χ2v) is 9.01. The molecule has 0 saturated heterocycles. The van der Waals surface area contributed by atoms with Gasteiger partial charge in [-0.1, -0.05) is 48.0 Å². The first-order valence-corrected chi connectivity index (χ1v) is 11.1. The first-order chi connectivity index (χ1) is 15.0. The van der Waals surface area contributed by atoms with Gasteiger partial charge in [-0.15, -0.1) is 0 Å². The van der Waals surface area contributed by atoms with E-state index in [0.717, 1.165) is 16.5 Å². The molecule has 0 atom stereocenters. The van der Waals surface area contributed by atoms with Gasteiger partial charge in [0.2, 0.25) is 9.84 Å². The van der Waals surface area contributed by atoms with Crippen molar-refractivity contribution in [3.05, 3.63) is 106 Å². The van der Waals surface area contributed by atoms with Crippen molar-refractivity contribution in [3.63, 3.8) is 0 Å². The highest BCUT2D eigenvalue weighted by molar-refractivity contribution is 7.95. The number of hydrogen-bond acceptors (Lipinski definition) is 3. The zero-order valence-electron chi connectivity index (χ0n) is 16.2. The Morgan fingerprint density at radius 2 is 1.61 bits per heavy atom. The van der Waals surface area contributed by atoms with Crippen molar-refractivity contribution in [3.8, 4) is 18.0 Å². The smallest absolute Gasteiger partial charge is 0.216 e. The third-order valence-corrected chi connectivity index (χ3v) is 6.58. The lowest BCUT2D eigenvalue weighted by molar-refractivity contribution is 0.603. The Kier molecular flexibility index (Phi) is 5.64. The third kappa shape index (κ3) is 4.25. The number of halogens is 1. The van der Waals surface area contributed by atoms with Gasteiger partial charge in [-0.25, -0.2) is 8.42 Å². The van der Waals surface area contributed by atoms with E-state index in [2.05, 4.69) is 12.0 Å². The van der Waals surface area contributed by atoms with E-state index in [9.17, 15) is 13.7 Å². The fourth-order valence-electron chi connectivity index (χ4n) is 3.11. The third-order valence-electron chi connectivity index (χ3n) is 4.65. The number of sulfone groups is 1. The first kappa shape index (κ1) is 20.5. The first-order valence-electron chi connectivity index (χ1n) is 9.29. The maximum absolute atomic E-state index is 13.0. The van der Waals surface area contributed by atoms with Gasteiger partial charge in [-0.3, -0.25) is 4.57 Å². The van der Waals surface area contributed by atoms with Crippen LogP contribution in [0.4, 0.5) is 0 Å². The molecule has 0 saturated carbocycles. The topological polar surface area (TPSA) is 62.9 Å². The Hall–Kier alpha value is -3.77. The lowest BCUT2D eigenvalue weighted by atomic mass is 10.1. The Balaban J connectivity index is 1.82. The summed E-state index contributed by atoms with van der Waals surface area (Å²) in [6.45, 7) is 0. The summed E-state index contributed by atoms with van der Waals surface area (Å²) in [5.74, 6) is 3.09. The molecule has 31 heavy (non-hydrogen) atoms. The molecule has 3 aromatic carbocycles. The predicted molar refractivity (Wildman–Crippen MR) is 123 cm³/mol. The summed E-state index contributed by atoms with van der Waals surface area (Å²) in [4.78, 5) is -0.342. The molecule has 0 aliphatic carbocycles. The van der Waals surface area contributed by atoms with E-state index in [1.54, 1.807) is 10.8 Å². The second kappa shape index (κ2) is 8.53. The normalized spacial score (nSPS) is 11.5. The standard InChI is InChI=1S/C25H15ClN2O2S/c26-21-10-12-22(13-11-21)31(29,30)23(17-27)16-20-18-28(25-9-5-4-8-24(20)25)15-14-19-6-2-1-3-7-19/h1-13,16,18H. The van der Waals surface area contributed by atoms with Crippen LogP contribution in [0.1, 0.15) is 11.1 Å². The maximum Gasteiger partial charge on any atom is 0.216 e. The molecule has 4 nitrogen and oxygen atoms in total. The molecule has 1 heterocycles. The molecule has 0 N–H and O–H groups in total. The van der Waals surface area contributed by atoms with E-state index in [4.69, 9.17) is 11.6 Å². The summed E-state index contributed by atoms with van der Waals surface area (Å²) >= 11 is 5.86. The summed E-state index contributed by atoms with van der Waals surface area (Å²) in [5.41, 5.74) is 2.27. The number of benzene rings is 3. The fourth-order valence-corrected chi connectivity index (χ4v) is 4.39. The minimum atomic E-state index is -3.98. The van der Waals surface area contributed by atoms with Crippen LogP contribution in [0.3, 0.4) is 0 Å². The van der Waals surface area contributed by atoms with E-state index in [0.29, 0.717) is 10.6 Å². The van der Waals surface area contributed by atoms with Crippen LogP contribution in [0.15, 0.2) is 94.9 Å². The van der Waals surface area contributed by atoms with Crippen LogP contribution in [0, 0.1) is 23.3 Å². The van der Waals surface area contributed by atoms with Gasteiger partial charge in [-0.05, 0) is 54.5 Å². The Morgan fingerprint density at radius 1 is 0.935 bits per heavy atom. The van der Waals surface area contributed by atoms with Crippen LogP contribution in [-0.2, 0) is 9.84 Å². The van der Waals surface area contributed by atoms with Crippen molar-refractivity contribution in [1.82, 2.24) is 4.57 Å². The molecule has 0 amide bonds. The average molecular weight is 443 g/mol. The van der Waals surface area contributed by atoms with Crippen molar-refractivity contribution >= 4 is 38.4 Å². The SMILES string of the molecule is N#CC(=Cc1cn(C#Cc2ccccc2)c2ccccc12)S(=O)(=O)c1ccc(Cl)cc1. The highest BCUT2D eigenvalue weighted by Gasteiger charge is 2.21. The maximum atomic E-state index is 13.0. The van der Waals surface area contributed by atoms with Crippen molar-refractivity contribution in [2.75, 3.05) is 0 Å². The van der Waals surface area contributed by atoms with Crippen molar-refractivity contribution in [2.45, 2.75) is 4.90 Å². The Bertz CT molecular complexity index is 1500. The number of rotatable bonds is 3. The van der Waals surface area contributed by atoms with Crippen LogP contribution < -0.4 is 0 Å². The number of para-hydroxylation sites is 1. The van der Waals surface area contributed by atoms with Gasteiger partial charge in [0, 0.05) is 33.8 Å². The molecule has 150 valence electrons. The lowest BCUT2D eigenvalue weighted by Gasteiger charge is -2.03. The minimum Gasteiger partial charge on any atom is -0.276 e. The van der Waals surface area contributed by atoms with Gasteiger partial charge in [-0.2, -0.15) is 5.26 Å². The zero-order valence-corrected chi connectivity index (χ0v) is 17.7. The number of hydrogen-bond donors (Lipinski definition) is 0. The number of allylic oxidation sites excluding steroid dienone is 1. The van der Waals surface area contributed by atoms with E-state index < -0.39 is 9.84 Å². The van der Waals surface area contributed by atoms with Gasteiger partial charge >= 0.3 is 0 Å². The molecule has 0 aliphatic heterocycles. The summed E-state index contributed by atoms with van der Waals surface area (Å²) in [7, 11) is -3.98. The van der Waals surface area contributed by atoms with Gasteiger partial charge in [0.25, 0.3) is 0 Å². The minimum absolute atomic E-state index is 0.0114. The number of nitriles is 1. The molecule has 1 aromatic heterocycles. The molecular formula is C25H15ClN2O2S. The summed E-state index contributed by atoms with van der Waals surface area (Å²) in [6.07, 6.45) is 3.11. The van der Waals surface area contributed by atoms with E-state index >= 15 is 0 Å². The van der Waals surface area contributed by atoms with Crippen LogP contribution in [0.5, 0.6) is 0 Å². The molecule has 0 bridgehead atoms. The van der Waals surface area contributed by atoms with Crippen LogP contribution >= 0.6 is 11.6 Å². The number of aromatic nitrogens is 1. The number of nitrogens with zero attached hydrogens (tertiary/aromatic N) is 2. The zero-order chi connectivity index (χ0) is 21.8. The van der Waals surface area contributed by atoms with Crippen LogP contribution in [0.25, 0.3) is 17.0 Å². The molecule has 0 aliphatic rings. The van der Waals surface area contributed by atoms with Gasteiger partial charge < -0.3 is 0 Å². The summed E-state index contributed by atoms with van der Waals surface area (Å²) in [5, 5.41) is 10.8. The van der Waals surface area contributed by atoms with Crippen LogP contribution in [0.2, 0.25) is 5.02 Å². The van der Waals surface area contributed by atoms with Gasteiger partial charge in [0.05, 0.1) is 10.4 Å². The van der Waals surface area contributed by atoms with E-state index in [-0.39, 0.29) is 9.80 Å². The second-order valence-electron chi connectivity index (χ2n) is 6.65. The lowest BCUT2D eigenvalue weighted by Crippen LogP contribution is -2.03. The molecular weight excluding hydrogens is 428 g/mol. The highest BCUT2D eigenvalue weighted by Crippen LogP contribution is 2.27. The molecule has 6 heteroatoms. The summed E-state index contributed by atoms with van der Waals surface area (Å²) < 4.78 is 27.7. The molecule has 4 aromatic rings. The van der Waals surface area contributed by atoms with Crippen molar-refractivity contribution in [1.29, 1.82) is 5.26 Å². The fraction of sp³-hybridized carbons (Fsp3) is 0. The van der Waals surface area contributed by atoms with Gasteiger partial charge in [0.1, 0.15) is 11.0 Å². The molecule has 0 fully saturated rings. The Morgan fingerprint density at radius 3 is 2.32 bits per heavy atom. The number of fused-ring (bicyclic) bond motifs is 1. The molecule has 0 unspecified atom stereocenters. The van der Waals surface area contributed by atoms with E-state index in [1.807, 2.05) is 60.7 Å². The van der Waals surface area contributed by atoms with Crippen molar-refractivity contribution < 1.29 is 8.42 Å². The van der Waals surface area contributed by atoms with Gasteiger partial charge in [0.15, 0.2) is 0 Å². The average Bonchev–Trinajstić information content (AvgIpc) is 3.14. The predicted octanol–water partition coefficient (Wildman–Crippen LogP) is 5.49. The van der Waals surface area contributed by atoms with Crippen molar-refractivity contribution in [2.24, 2.45) is 0 Å². The highest BCUT2D eigenvalue weighted by atomic mass is 35.5. The quantitative estimate of drug-likeness (QED) is 0.311. The Labute approximate surface area is 185 Å².